The molecule has 4 atom stereocenters. The van der Waals surface area contributed by atoms with Crippen LogP contribution in [0.1, 0.15) is 35.2 Å². The van der Waals surface area contributed by atoms with Gasteiger partial charge < -0.3 is 28.6 Å². The number of aromatic nitrogens is 5. The minimum atomic E-state index is -1.78. The molecule has 64 heavy (non-hydrogen) atoms. The van der Waals surface area contributed by atoms with Crippen molar-refractivity contribution >= 4 is 40.1 Å². The standard InChI is InChI=1S/C45H41ClFN7O10/c1-50-33-22-35(62-3)34(61-2)21-31(33)48-30(41(50)57)15-16-51-43(59)52-17-14-28-32(54(52)44(51)60)20-29-40(56)53(49-26-12-10-25(47)11-13-26)42(58)45(29,23-6-8-24(46)9-7-23)39(28)38-36(63-4)18-27(55)19-37(38)64-5/h6-14,18-19,21-22,29,32,39,49,55H,15-17,20H2,1-5H3/t29-,32+,39+,45+/m0/s1. The number of nitrogens with one attached hydrogen (secondary N) is 1. The van der Waals surface area contributed by atoms with E-state index in [1.165, 1.54) is 78.8 Å². The quantitative estimate of drug-likeness (QED) is 0.138. The number of nitrogens with zero attached hydrogens (tertiary/aromatic N) is 6. The molecule has 1 aliphatic carbocycles. The number of hydrogen-bond acceptors (Lipinski definition) is 12. The van der Waals surface area contributed by atoms with Gasteiger partial charge in [0.25, 0.3) is 17.4 Å². The summed E-state index contributed by atoms with van der Waals surface area (Å²) < 4.78 is 41.7. The Morgan fingerprint density at radius 3 is 2.14 bits per heavy atom. The molecule has 1 saturated heterocycles. The number of amides is 2. The predicted molar refractivity (Wildman–Crippen MR) is 231 cm³/mol. The molecule has 330 valence electrons. The number of allylic oxidation sites excluding steroid dienone is 2. The summed E-state index contributed by atoms with van der Waals surface area (Å²) in [6, 6.07) is 16.7. The summed E-state index contributed by atoms with van der Waals surface area (Å²) >= 11 is 6.41. The molecule has 4 heterocycles. The lowest BCUT2D eigenvalue weighted by Gasteiger charge is -2.49. The van der Waals surface area contributed by atoms with Gasteiger partial charge in [0.15, 0.2) is 11.5 Å². The van der Waals surface area contributed by atoms with Gasteiger partial charge in [-0.2, -0.15) is 5.01 Å². The summed E-state index contributed by atoms with van der Waals surface area (Å²) in [5.41, 5.74) is 1.75. The second kappa shape index (κ2) is 15.8. The summed E-state index contributed by atoms with van der Waals surface area (Å²) in [6.45, 7) is -0.341. The van der Waals surface area contributed by atoms with Crippen molar-refractivity contribution in [3.8, 4) is 28.7 Å². The maximum Gasteiger partial charge on any atom is 0.347 e. The second-order valence-corrected chi connectivity index (χ2v) is 16.1. The lowest BCUT2D eigenvalue weighted by molar-refractivity contribution is -0.138. The number of hydrogen-bond donors (Lipinski definition) is 2. The van der Waals surface area contributed by atoms with E-state index in [1.807, 2.05) is 0 Å². The highest BCUT2D eigenvalue weighted by atomic mass is 35.5. The fourth-order valence-corrected chi connectivity index (χ4v) is 9.90. The Morgan fingerprint density at radius 1 is 0.859 bits per heavy atom. The molecule has 2 aliphatic heterocycles. The molecule has 9 rings (SSSR count). The van der Waals surface area contributed by atoms with Crippen LogP contribution in [0, 0.1) is 11.7 Å². The molecule has 1 saturated carbocycles. The van der Waals surface area contributed by atoms with Crippen LogP contribution < -0.4 is 41.3 Å². The zero-order chi connectivity index (χ0) is 45.4. The molecule has 17 nitrogen and oxygen atoms in total. The van der Waals surface area contributed by atoms with E-state index in [9.17, 15) is 23.9 Å². The number of imide groups is 1. The highest BCUT2D eigenvalue weighted by Crippen LogP contribution is 2.64. The number of aryl methyl sites for hydroxylation is 2. The van der Waals surface area contributed by atoms with Gasteiger partial charge >= 0.3 is 11.4 Å². The monoisotopic (exact) mass is 893 g/mol. The number of aromatic hydroxyl groups is 1. The number of hydrazine groups is 1. The lowest BCUT2D eigenvalue weighted by atomic mass is 9.53. The van der Waals surface area contributed by atoms with Gasteiger partial charge in [0.1, 0.15) is 28.8 Å². The number of benzene rings is 4. The number of fused-ring (bicyclic) bond motifs is 5. The van der Waals surface area contributed by atoms with Crippen molar-refractivity contribution in [3.63, 3.8) is 0 Å². The van der Waals surface area contributed by atoms with Crippen molar-refractivity contribution in [2.45, 2.75) is 43.3 Å². The van der Waals surface area contributed by atoms with Crippen LogP contribution in [0.3, 0.4) is 0 Å². The van der Waals surface area contributed by atoms with Crippen LogP contribution in [0.25, 0.3) is 11.0 Å². The van der Waals surface area contributed by atoms with Crippen LogP contribution in [0.15, 0.2) is 98.8 Å². The minimum Gasteiger partial charge on any atom is -0.508 e. The van der Waals surface area contributed by atoms with E-state index in [-0.39, 0.29) is 54.6 Å². The average Bonchev–Trinajstić information content (AvgIpc) is 3.67. The first-order valence-electron chi connectivity index (χ1n) is 20.1. The van der Waals surface area contributed by atoms with Crippen LogP contribution in [-0.2, 0) is 41.6 Å². The number of phenolic OH excluding ortho intramolecular Hbond substituents is 1. The second-order valence-electron chi connectivity index (χ2n) is 15.7. The Kier molecular flexibility index (Phi) is 10.4. The first-order valence-corrected chi connectivity index (χ1v) is 20.5. The predicted octanol–water partition coefficient (Wildman–Crippen LogP) is 4.45. The van der Waals surface area contributed by atoms with E-state index in [0.717, 1.165) is 9.58 Å². The Labute approximate surface area is 368 Å². The average molecular weight is 894 g/mol. The minimum absolute atomic E-state index is 0.0924. The van der Waals surface area contributed by atoms with E-state index in [4.69, 9.17) is 30.5 Å². The van der Waals surface area contributed by atoms with Gasteiger partial charge in [-0.1, -0.05) is 29.8 Å². The number of anilines is 1. The lowest BCUT2D eigenvalue weighted by Crippen LogP contribution is -2.53. The fourth-order valence-electron chi connectivity index (χ4n) is 9.77. The maximum absolute atomic E-state index is 15.5. The zero-order valence-corrected chi connectivity index (χ0v) is 35.9. The van der Waals surface area contributed by atoms with Gasteiger partial charge in [0, 0.05) is 60.8 Å². The van der Waals surface area contributed by atoms with Crippen molar-refractivity contribution in [2.24, 2.45) is 13.0 Å². The Bertz CT molecular complexity index is 3100. The number of ether oxygens (including phenoxy) is 4. The molecule has 6 aromatic rings. The van der Waals surface area contributed by atoms with Crippen LogP contribution in [-0.4, -0.2) is 73.9 Å². The first kappa shape index (κ1) is 42.0. The van der Waals surface area contributed by atoms with Crippen LogP contribution >= 0.6 is 11.6 Å². The third kappa shape index (κ3) is 6.25. The molecule has 0 unspecified atom stereocenters. The Morgan fingerprint density at radius 2 is 1.50 bits per heavy atom. The van der Waals surface area contributed by atoms with E-state index in [2.05, 4.69) is 10.4 Å². The van der Waals surface area contributed by atoms with Crippen molar-refractivity contribution in [1.82, 2.24) is 28.5 Å². The van der Waals surface area contributed by atoms with Crippen molar-refractivity contribution in [1.29, 1.82) is 0 Å². The van der Waals surface area contributed by atoms with Crippen LogP contribution in [0.5, 0.6) is 28.7 Å². The molecule has 19 heteroatoms. The molecule has 0 bridgehead atoms. The van der Waals surface area contributed by atoms with E-state index in [1.54, 1.807) is 49.5 Å². The van der Waals surface area contributed by atoms with E-state index < -0.39 is 57.9 Å². The third-order valence-electron chi connectivity index (χ3n) is 12.6. The number of carbonyl (C=O) groups is 2. The van der Waals surface area contributed by atoms with Crippen molar-refractivity contribution < 1.29 is 38.0 Å². The normalized spacial score (nSPS) is 20.1. The van der Waals surface area contributed by atoms with Gasteiger partial charge in [-0.05, 0) is 54.0 Å². The summed E-state index contributed by atoms with van der Waals surface area (Å²) in [5, 5.41) is 12.1. The number of rotatable bonds is 11. The molecule has 2 fully saturated rings. The topological polar surface area (TPSA) is 190 Å². The number of halogens is 2. The summed E-state index contributed by atoms with van der Waals surface area (Å²) in [6.07, 6.45) is 1.53. The van der Waals surface area contributed by atoms with E-state index >= 15 is 9.59 Å². The maximum atomic E-state index is 15.5. The first-order chi connectivity index (χ1) is 30.8. The third-order valence-corrected chi connectivity index (χ3v) is 12.9. The van der Waals surface area contributed by atoms with Gasteiger partial charge in [-0.25, -0.2) is 32.9 Å². The summed E-state index contributed by atoms with van der Waals surface area (Å²) in [7, 11) is 7.31. The van der Waals surface area contributed by atoms with Gasteiger partial charge in [-0.3, -0.25) is 19.8 Å². The molecule has 2 N–H and O–H groups in total. The van der Waals surface area contributed by atoms with Crippen LogP contribution in [0.2, 0.25) is 5.02 Å². The highest BCUT2D eigenvalue weighted by molar-refractivity contribution is 6.30. The Hall–Kier alpha value is -7.34. The van der Waals surface area contributed by atoms with E-state index in [0.29, 0.717) is 44.3 Å². The fraction of sp³-hybridized carbons (Fsp3) is 0.289. The number of carbonyl (C=O) groups excluding carboxylic acids is 2. The molecule has 0 spiro atoms. The smallest absolute Gasteiger partial charge is 0.347 e. The van der Waals surface area contributed by atoms with Crippen LogP contribution in [0.4, 0.5) is 10.1 Å². The van der Waals surface area contributed by atoms with Crippen molar-refractivity contribution in [2.75, 3.05) is 33.9 Å². The largest absolute Gasteiger partial charge is 0.508 e. The molecule has 0 radical (unpaired) electrons. The number of methoxy groups -OCH3 is 4. The van der Waals surface area contributed by atoms with Gasteiger partial charge in [0.05, 0.1) is 69.1 Å². The molecule has 2 amide bonds. The summed E-state index contributed by atoms with van der Waals surface area (Å²) in [4.78, 5) is 77.8. The number of phenols is 1. The molecular formula is C45H41ClFN7O10. The molecule has 3 aliphatic rings. The molecular weight excluding hydrogens is 853 g/mol. The van der Waals surface area contributed by atoms with Crippen molar-refractivity contribution in [3.05, 3.63) is 143 Å². The Balaban J connectivity index is 1.21. The highest BCUT2D eigenvalue weighted by Gasteiger charge is 2.69. The zero-order valence-electron chi connectivity index (χ0n) is 35.1. The molecule has 2 aromatic heterocycles. The summed E-state index contributed by atoms with van der Waals surface area (Å²) in [5.74, 6) is -3.39. The van der Waals surface area contributed by atoms with Gasteiger partial charge in [0.2, 0.25) is 0 Å². The molecule has 4 aromatic carbocycles. The SMILES string of the molecule is COc1cc2nc(CCn3c(=O)n4n(c3=O)[C@@H]3C[C@H]5C(=O)N(Nc6ccc(F)cc6)C(=O)[C@@]5(c5ccc(Cl)cc5)[C@@H](c5c(OC)cc(O)cc5OC)C3=CC4)c(=O)n(C)c2cc1OC. The van der Waals surface area contributed by atoms with Gasteiger partial charge in [-0.15, -0.1) is 0 Å².